The van der Waals surface area contributed by atoms with Crippen molar-refractivity contribution in [2.24, 2.45) is 0 Å². The standard InChI is InChI=1S/C14H16N2O2/c17-13-7-4-8-16(13)12-9-11(15-14(12)18)10-5-2-1-3-6-10/h1-3,5-6,11-12H,4,7-9H2,(H,15,18)/t11-,12+/m0/s1. The highest BCUT2D eigenvalue weighted by atomic mass is 16.2. The molecule has 2 fully saturated rings. The molecule has 0 radical (unpaired) electrons. The third kappa shape index (κ3) is 1.88. The first-order valence-corrected chi connectivity index (χ1v) is 6.40. The van der Waals surface area contributed by atoms with Crippen LogP contribution in [-0.2, 0) is 9.59 Å². The molecule has 3 rings (SSSR count). The maximum atomic E-state index is 12.0. The third-order valence-electron chi connectivity index (χ3n) is 3.77. The number of carbonyl (C=O) groups excluding carboxylic acids is 2. The summed E-state index contributed by atoms with van der Waals surface area (Å²) in [6.07, 6.45) is 2.15. The second kappa shape index (κ2) is 4.44. The Morgan fingerprint density at radius 1 is 1.17 bits per heavy atom. The van der Waals surface area contributed by atoms with Gasteiger partial charge < -0.3 is 10.2 Å². The maximum Gasteiger partial charge on any atom is 0.243 e. The van der Waals surface area contributed by atoms with Crippen molar-refractivity contribution in [2.75, 3.05) is 6.54 Å². The molecule has 4 nitrogen and oxygen atoms in total. The van der Waals surface area contributed by atoms with Crippen LogP contribution >= 0.6 is 0 Å². The fraction of sp³-hybridized carbons (Fsp3) is 0.429. The van der Waals surface area contributed by atoms with Gasteiger partial charge in [-0.2, -0.15) is 0 Å². The number of amides is 2. The Morgan fingerprint density at radius 2 is 1.94 bits per heavy atom. The van der Waals surface area contributed by atoms with Gasteiger partial charge in [0.1, 0.15) is 6.04 Å². The van der Waals surface area contributed by atoms with Crippen LogP contribution in [0.4, 0.5) is 0 Å². The molecule has 0 aliphatic carbocycles. The van der Waals surface area contributed by atoms with E-state index < -0.39 is 0 Å². The lowest BCUT2D eigenvalue weighted by atomic mass is 10.0. The van der Waals surface area contributed by atoms with Gasteiger partial charge in [-0.15, -0.1) is 0 Å². The van der Waals surface area contributed by atoms with Crippen molar-refractivity contribution < 1.29 is 9.59 Å². The van der Waals surface area contributed by atoms with Crippen molar-refractivity contribution in [3.05, 3.63) is 35.9 Å². The number of carbonyl (C=O) groups is 2. The number of benzene rings is 1. The average Bonchev–Trinajstić information content (AvgIpc) is 2.96. The molecule has 2 amide bonds. The van der Waals surface area contributed by atoms with Crippen LogP contribution in [0.1, 0.15) is 30.9 Å². The molecule has 0 aromatic heterocycles. The summed E-state index contributed by atoms with van der Waals surface area (Å²) in [6.45, 7) is 0.721. The van der Waals surface area contributed by atoms with Crippen LogP contribution in [0, 0.1) is 0 Å². The third-order valence-corrected chi connectivity index (χ3v) is 3.77. The first-order chi connectivity index (χ1) is 8.75. The van der Waals surface area contributed by atoms with Gasteiger partial charge in [-0.25, -0.2) is 0 Å². The molecule has 2 aliphatic heterocycles. The molecule has 4 heteroatoms. The van der Waals surface area contributed by atoms with Gasteiger partial charge in [-0.3, -0.25) is 9.59 Å². The Kier molecular flexibility index (Phi) is 2.78. The molecule has 1 aromatic rings. The van der Waals surface area contributed by atoms with E-state index in [4.69, 9.17) is 0 Å². The van der Waals surface area contributed by atoms with Crippen molar-refractivity contribution in [3.63, 3.8) is 0 Å². The highest BCUT2D eigenvalue weighted by molar-refractivity contribution is 5.90. The first kappa shape index (κ1) is 11.3. The molecule has 0 unspecified atom stereocenters. The Labute approximate surface area is 106 Å². The van der Waals surface area contributed by atoms with Crippen LogP contribution in [0.15, 0.2) is 30.3 Å². The van der Waals surface area contributed by atoms with Gasteiger partial charge in [0.2, 0.25) is 11.8 Å². The quantitative estimate of drug-likeness (QED) is 0.851. The van der Waals surface area contributed by atoms with E-state index in [1.807, 2.05) is 30.3 Å². The monoisotopic (exact) mass is 244 g/mol. The highest BCUT2D eigenvalue weighted by Crippen LogP contribution is 2.29. The number of hydrogen-bond donors (Lipinski definition) is 1. The molecule has 2 saturated heterocycles. The number of hydrogen-bond acceptors (Lipinski definition) is 2. The molecule has 2 heterocycles. The molecule has 94 valence electrons. The summed E-state index contributed by atoms with van der Waals surface area (Å²) in [5, 5.41) is 2.98. The van der Waals surface area contributed by atoms with Gasteiger partial charge in [0.25, 0.3) is 0 Å². The average molecular weight is 244 g/mol. The van der Waals surface area contributed by atoms with E-state index in [0.29, 0.717) is 12.8 Å². The lowest BCUT2D eigenvalue weighted by Gasteiger charge is -2.21. The summed E-state index contributed by atoms with van der Waals surface area (Å²) in [6, 6.07) is 9.69. The molecule has 1 aromatic carbocycles. The summed E-state index contributed by atoms with van der Waals surface area (Å²) >= 11 is 0. The zero-order valence-corrected chi connectivity index (χ0v) is 10.1. The highest BCUT2D eigenvalue weighted by Gasteiger charge is 2.40. The summed E-state index contributed by atoms with van der Waals surface area (Å²) in [5.74, 6) is 0.1000. The zero-order valence-electron chi connectivity index (χ0n) is 10.1. The van der Waals surface area contributed by atoms with Crippen LogP contribution < -0.4 is 5.32 Å². The van der Waals surface area contributed by atoms with Crippen molar-refractivity contribution in [3.8, 4) is 0 Å². The predicted molar refractivity (Wildman–Crippen MR) is 66.7 cm³/mol. The van der Waals surface area contributed by atoms with Crippen molar-refractivity contribution >= 4 is 11.8 Å². The normalized spacial score (nSPS) is 27.7. The van der Waals surface area contributed by atoms with E-state index >= 15 is 0 Å². The maximum absolute atomic E-state index is 12.0. The van der Waals surface area contributed by atoms with Crippen LogP contribution in [0.2, 0.25) is 0 Å². The summed E-state index contributed by atoms with van der Waals surface area (Å²) < 4.78 is 0. The van der Waals surface area contributed by atoms with Crippen LogP contribution in [-0.4, -0.2) is 29.3 Å². The Morgan fingerprint density at radius 3 is 2.61 bits per heavy atom. The van der Waals surface area contributed by atoms with E-state index in [1.54, 1.807) is 4.90 Å². The van der Waals surface area contributed by atoms with Crippen LogP contribution in [0.3, 0.4) is 0 Å². The van der Waals surface area contributed by atoms with E-state index in [2.05, 4.69) is 5.32 Å². The van der Waals surface area contributed by atoms with Crippen molar-refractivity contribution in [1.82, 2.24) is 10.2 Å². The van der Waals surface area contributed by atoms with Crippen LogP contribution in [0.25, 0.3) is 0 Å². The first-order valence-electron chi connectivity index (χ1n) is 6.40. The predicted octanol–water partition coefficient (Wildman–Crippen LogP) is 1.24. The van der Waals surface area contributed by atoms with E-state index in [9.17, 15) is 9.59 Å². The van der Waals surface area contributed by atoms with Gasteiger partial charge in [0.05, 0.1) is 6.04 Å². The molecular weight excluding hydrogens is 228 g/mol. The van der Waals surface area contributed by atoms with E-state index in [0.717, 1.165) is 18.5 Å². The van der Waals surface area contributed by atoms with Crippen LogP contribution in [0.5, 0.6) is 0 Å². The Bertz CT molecular complexity index is 472. The molecule has 18 heavy (non-hydrogen) atoms. The summed E-state index contributed by atoms with van der Waals surface area (Å²) in [7, 11) is 0. The number of rotatable bonds is 2. The number of nitrogens with one attached hydrogen (secondary N) is 1. The topological polar surface area (TPSA) is 49.4 Å². The molecule has 2 aliphatic rings. The Hall–Kier alpha value is -1.84. The number of likely N-dealkylation sites (tertiary alicyclic amines) is 1. The molecule has 1 N–H and O–H groups in total. The van der Waals surface area contributed by atoms with Gasteiger partial charge >= 0.3 is 0 Å². The Balaban J connectivity index is 1.76. The van der Waals surface area contributed by atoms with E-state index in [-0.39, 0.29) is 23.9 Å². The van der Waals surface area contributed by atoms with Gasteiger partial charge in [0.15, 0.2) is 0 Å². The lowest BCUT2D eigenvalue weighted by Crippen LogP contribution is -2.41. The summed E-state index contributed by atoms with van der Waals surface area (Å²) in [5.41, 5.74) is 1.11. The molecule has 0 spiro atoms. The molecule has 2 atom stereocenters. The smallest absolute Gasteiger partial charge is 0.243 e. The summed E-state index contributed by atoms with van der Waals surface area (Å²) in [4.78, 5) is 25.4. The van der Waals surface area contributed by atoms with Gasteiger partial charge in [-0.1, -0.05) is 30.3 Å². The van der Waals surface area contributed by atoms with Gasteiger partial charge in [-0.05, 0) is 12.0 Å². The minimum Gasteiger partial charge on any atom is -0.347 e. The second-order valence-corrected chi connectivity index (χ2v) is 4.91. The molecule has 0 saturated carbocycles. The largest absolute Gasteiger partial charge is 0.347 e. The zero-order chi connectivity index (χ0) is 12.5. The lowest BCUT2D eigenvalue weighted by molar-refractivity contribution is -0.135. The SMILES string of the molecule is O=C1N[C@H](c2ccccc2)C[C@H]1N1CCCC1=O. The fourth-order valence-electron chi connectivity index (χ4n) is 2.83. The van der Waals surface area contributed by atoms with Gasteiger partial charge in [0, 0.05) is 19.4 Å². The van der Waals surface area contributed by atoms with Crippen molar-refractivity contribution in [2.45, 2.75) is 31.3 Å². The fourth-order valence-corrected chi connectivity index (χ4v) is 2.83. The second-order valence-electron chi connectivity index (χ2n) is 4.91. The minimum atomic E-state index is -0.273. The van der Waals surface area contributed by atoms with Crippen molar-refractivity contribution in [1.29, 1.82) is 0 Å². The molecule has 0 bridgehead atoms. The minimum absolute atomic E-state index is 0.0147. The molecular formula is C14H16N2O2. The number of nitrogens with zero attached hydrogens (tertiary/aromatic N) is 1. The van der Waals surface area contributed by atoms with E-state index in [1.165, 1.54) is 0 Å².